The quantitative estimate of drug-likeness (QED) is 0.526. The van der Waals surface area contributed by atoms with Crippen LogP contribution in [0.15, 0.2) is 24.8 Å². The van der Waals surface area contributed by atoms with E-state index in [0.717, 1.165) is 11.1 Å². The summed E-state index contributed by atoms with van der Waals surface area (Å²) in [5.41, 5.74) is 1.86. The van der Waals surface area contributed by atoms with Gasteiger partial charge in [0.05, 0.1) is 4.92 Å². The van der Waals surface area contributed by atoms with Crippen LogP contribution in [0, 0.1) is 10.1 Å². The van der Waals surface area contributed by atoms with Crippen molar-refractivity contribution >= 4 is 11.8 Å². The number of benzene rings is 1. The fraction of sp³-hybridized carbons (Fsp3) is 0.200. The van der Waals surface area contributed by atoms with Crippen molar-refractivity contribution in [2.75, 3.05) is 0 Å². The monoisotopic (exact) mass is 177 g/mol. The lowest BCUT2D eigenvalue weighted by Gasteiger charge is -2.00. The summed E-state index contributed by atoms with van der Waals surface area (Å²) in [6, 6.07) is 5.02. The highest BCUT2D eigenvalue weighted by atomic mass is 16.6. The molecule has 1 rings (SSSR count). The molecule has 0 radical (unpaired) electrons. The van der Waals surface area contributed by atoms with Crippen molar-refractivity contribution in [1.29, 1.82) is 0 Å². The van der Waals surface area contributed by atoms with Gasteiger partial charge in [0.15, 0.2) is 0 Å². The van der Waals surface area contributed by atoms with Gasteiger partial charge in [-0.05, 0) is 24.1 Å². The molecule has 0 atom stereocenters. The van der Waals surface area contributed by atoms with E-state index in [-0.39, 0.29) is 10.6 Å². The lowest BCUT2D eigenvalue weighted by molar-refractivity contribution is -0.385. The van der Waals surface area contributed by atoms with Crippen LogP contribution in [-0.2, 0) is 6.42 Å². The molecule has 1 aromatic rings. The second kappa shape index (κ2) is 3.85. The summed E-state index contributed by atoms with van der Waals surface area (Å²) in [5.74, 6) is 0. The van der Waals surface area contributed by atoms with E-state index >= 15 is 0 Å². The first kappa shape index (κ1) is 9.45. The van der Waals surface area contributed by atoms with E-state index in [9.17, 15) is 10.1 Å². The van der Waals surface area contributed by atoms with Crippen LogP contribution in [0.5, 0.6) is 0 Å². The minimum atomic E-state index is -0.355. The van der Waals surface area contributed by atoms with Crippen molar-refractivity contribution in [3.63, 3.8) is 0 Å². The second-order valence-corrected chi connectivity index (χ2v) is 2.70. The number of rotatable bonds is 3. The van der Waals surface area contributed by atoms with Gasteiger partial charge in [-0.25, -0.2) is 0 Å². The predicted molar refractivity (Wildman–Crippen MR) is 52.6 cm³/mol. The van der Waals surface area contributed by atoms with Crippen molar-refractivity contribution in [1.82, 2.24) is 0 Å². The van der Waals surface area contributed by atoms with Crippen LogP contribution in [0.3, 0.4) is 0 Å². The lowest BCUT2D eigenvalue weighted by atomic mass is 10.1. The standard InChI is InChI=1S/C10H11NO2/c1-3-8-5-6-10(11(12)13)9(4-2)7-8/h3,5-7H,1,4H2,2H3. The van der Waals surface area contributed by atoms with E-state index in [0.29, 0.717) is 6.42 Å². The lowest BCUT2D eigenvalue weighted by Crippen LogP contribution is -1.94. The molecule has 0 bridgehead atoms. The minimum Gasteiger partial charge on any atom is -0.258 e. The maximum atomic E-state index is 10.6. The first-order chi connectivity index (χ1) is 6.19. The first-order valence-electron chi connectivity index (χ1n) is 4.08. The molecule has 3 heteroatoms. The molecule has 0 saturated heterocycles. The summed E-state index contributed by atoms with van der Waals surface area (Å²) in [6.45, 7) is 5.51. The highest BCUT2D eigenvalue weighted by molar-refractivity contribution is 5.53. The van der Waals surface area contributed by atoms with Crippen LogP contribution in [-0.4, -0.2) is 4.92 Å². The van der Waals surface area contributed by atoms with Crippen molar-refractivity contribution in [3.05, 3.63) is 46.0 Å². The van der Waals surface area contributed by atoms with Gasteiger partial charge in [-0.15, -0.1) is 0 Å². The fourth-order valence-corrected chi connectivity index (χ4v) is 1.19. The van der Waals surface area contributed by atoms with Gasteiger partial charge in [0.25, 0.3) is 5.69 Å². The van der Waals surface area contributed by atoms with E-state index in [1.807, 2.05) is 6.92 Å². The fourth-order valence-electron chi connectivity index (χ4n) is 1.19. The molecule has 0 saturated carbocycles. The van der Waals surface area contributed by atoms with Gasteiger partial charge in [-0.2, -0.15) is 0 Å². The normalized spacial score (nSPS) is 9.62. The van der Waals surface area contributed by atoms with Crippen LogP contribution in [0.1, 0.15) is 18.1 Å². The largest absolute Gasteiger partial charge is 0.272 e. The third kappa shape index (κ3) is 1.93. The highest BCUT2D eigenvalue weighted by Gasteiger charge is 2.10. The zero-order chi connectivity index (χ0) is 9.84. The summed E-state index contributed by atoms with van der Waals surface area (Å²) >= 11 is 0. The molecule has 3 nitrogen and oxygen atoms in total. The molecular formula is C10H11NO2. The molecule has 0 spiro atoms. The van der Waals surface area contributed by atoms with Crippen molar-refractivity contribution < 1.29 is 4.92 Å². The third-order valence-corrected chi connectivity index (χ3v) is 1.92. The Balaban J connectivity index is 3.23. The Morgan fingerprint density at radius 2 is 2.31 bits per heavy atom. The summed E-state index contributed by atoms with van der Waals surface area (Å²) in [6.07, 6.45) is 2.35. The maximum Gasteiger partial charge on any atom is 0.272 e. The summed E-state index contributed by atoms with van der Waals surface area (Å²) in [5, 5.41) is 10.6. The number of aryl methyl sites for hydroxylation is 1. The van der Waals surface area contributed by atoms with E-state index in [1.54, 1.807) is 18.2 Å². The second-order valence-electron chi connectivity index (χ2n) is 2.70. The minimum absolute atomic E-state index is 0.188. The van der Waals surface area contributed by atoms with Crippen molar-refractivity contribution in [3.8, 4) is 0 Å². The average Bonchev–Trinajstić information content (AvgIpc) is 2.16. The molecule has 0 N–H and O–H groups in total. The Bertz CT molecular complexity index is 345. The van der Waals surface area contributed by atoms with Crippen molar-refractivity contribution in [2.45, 2.75) is 13.3 Å². The van der Waals surface area contributed by atoms with Gasteiger partial charge in [0.2, 0.25) is 0 Å². The van der Waals surface area contributed by atoms with Gasteiger partial charge < -0.3 is 0 Å². The molecule has 0 aliphatic carbocycles. The van der Waals surface area contributed by atoms with Crippen LogP contribution < -0.4 is 0 Å². The van der Waals surface area contributed by atoms with Gasteiger partial charge in [0, 0.05) is 11.6 Å². The predicted octanol–water partition coefficient (Wildman–Crippen LogP) is 2.80. The number of nitro benzene ring substituents is 1. The number of hydrogen-bond donors (Lipinski definition) is 0. The van der Waals surface area contributed by atoms with Crippen LogP contribution in [0.4, 0.5) is 5.69 Å². The Morgan fingerprint density at radius 3 is 2.77 bits per heavy atom. The van der Waals surface area contributed by atoms with Gasteiger partial charge in [-0.3, -0.25) is 10.1 Å². The molecule has 1 aromatic carbocycles. The summed E-state index contributed by atoms with van der Waals surface area (Å²) in [4.78, 5) is 10.2. The number of hydrogen-bond acceptors (Lipinski definition) is 2. The van der Waals surface area contributed by atoms with Crippen LogP contribution >= 0.6 is 0 Å². The Kier molecular flexibility index (Phi) is 2.80. The Morgan fingerprint density at radius 1 is 1.62 bits per heavy atom. The first-order valence-corrected chi connectivity index (χ1v) is 4.08. The van der Waals surface area contributed by atoms with E-state index in [1.165, 1.54) is 6.07 Å². The molecule has 68 valence electrons. The topological polar surface area (TPSA) is 43.1 Å². The van der Waals surface area contributed by atoms with E-state index < -0.39 is 0 Å². The molecular weight excluding hydrogens is 166 g/mol. The molecule has 0 aliphatic heterocycles. The third-order valence-electron chi connectivity index (χ3n) is 1.92. The van der Waals surface area contributed by atoms with Gasteiger partial charge in [0.1, 0.15) is 0 Å². The molecule has 0 amide bonds. The SMILES string of the molecule is C=Cc1ccc([N+](=O)[O-])c(CC)c1. The summed E-state index contributed by atoms with van der Waals surface area (Å²) < 4.78 is 0. The number of nitro groups is 1. The molecule has 0 aliphatic rings. The highest BCUT2D eigenvalue weighted by Crippen LogP contribution is 2.20. The van der Waals surface area contributed by atoms with Gasteiger partial charge in [-0.1, -0.05) is 19.6 Å². The molecule has 13 heavy (non-hydrogen) atoms. The Hall–Kier alpha value is -1.64. The van der Waals surface area contributed by atoms with Crippen LogP contribution in [0.25, 0.3) is 6.08 Å². The molecule has 0 aromatic heterocycles. The van der Waals surface area contributed by atoms with E-state index in [4.69, 9.17) is 0 Å². The smallest absolute Gasteiger partial charge is 0.258 e. The van der Waals surface area contributed by atoms with Crippen molar-refractivity contribution in [2.24, 2.45) is 0 Å². The number of nitrogens with zero attached hydrogens (tertiary/aromatic N) is 1. The van der Waals surface area contributed by atoms with Crippen LogP contribution in [0.2, 0.25) is 0 Å². The maximum absolute atomic E-state index is 10.6. The zero-order valence-corrected chi connectivity index (χ0v) is 7.49. The average molecular weight is 177 g/mol. The molecule has 0 heterocycles. The summed E-state index contributed by atoms with van der Waals surface area (Å²) in [7, 11) is 0. The Labute approximate surface area is 76.9 Å². The van der Waals surface area contributed by atoms with Gasteiger partial charge >= 0.3 is 0 Å². The van der Waals surface area contributed by atoms with E-state index in [2.05, 4.69) is 6.58 Å². The zero-order valence-electron chi connectivity index (χ0n) is 7.49. The molecule has 0 unspecified atom stereocenters. The molecule has 0 fully saturated rings.